The van der Waals surface area contributed by atoms with Crippen LogP contribution in [0.3, 0.4) is 0 Å². The van der Waals surface area contributed by atoms with Gasteiger partial charge in [-0.1, -0.05) is 0 Å². The van der Waals surface area contributed by atoms with Gasteiger partial charge in [-0.25, -0.2) is 0 Å². The van der Waals surface area contributed by atoms with Gasteiger partial charge < -0.3 is 10.2 Å². The van der Waals surface area contributed by atoms with Crippen LogP contribution in [0.1, 0.15) is 25.7 Å². The zero-order valence-electron chi connectivity index (χ0n) is 10.7. The molecule has 0 aromatic rings. The number of carbonyl (C=O) groups is 1. The van der Waals surface area contributed by atoms with E-state index >= 15 is 0 Å². The first kappa shape index (κ1) is 14.7. The van der Waals surface area contributed by atoms with Crippen molar-refractivity contribution >= 4 is 16.2 Å². The van der Waals surface area contributed by atoms with Crippen LogP contribution in [0.15, 0.2) is 0 Å². The van der Waals surface area contributed by atoms with Crippen molar-refractivity contribution in [3.05, 3.63) is 0 Å². The van der Waals surface area contributed by atoms with Crippen LogP contribution >= 0.6 is 0 Å². The molecule has 110 valence electrons. The maximum absolute atomic E-state index is 12.5. The van der Waals surface area contributed by atoms with Gasteiger partial charge in [0.25, 0.3) is 10.2 Å². The molecule has 2 saturated heterocycles. The number of aliphatic hydroxyl groups excluding tert-OH is 1. The van der Waals surface area contributed by atoms with Crippen molar-refractivity contribution in [3.63, 3.8) is 0 Å². The summed E-state index contributed by atoms with van der Waals surface area (Å²) in [4.78, 5) is 11.0. The van der Waals surface area contributed by atoms with Gasteiger partial charge in [0.15, 0.2) is 0 Å². The molecule has 0 aromatic carbocycles. The molecule has 0 bridgehead atoms. The summed E-state index contributed by atoms with van der Waals surface area (Å²) >= 11 is 0. The Morgan fingerprint density at radius 1 is 1.21 bits per heavy atom. The van der Waals surface area contributed by atoms with Crippen LogP contribution < -0.4 is 0 Å². The third kappa shape index (κ3) is 2.91. The van der Waals surface area contributed by atoms with E-state index in [1.807, 2.05) is 0 Å². The molecule has 2 atom stereocenters. The summed E-state index contributed by atoms with van der Waals surface area (Å²) in [7, 11) is -3.65. The van der Waals surface area contributed by atoms with Crippen molar-refractivity contribution in [3.8, 4) is 0 Å². The van der Waals surface area contributed by atoms with Crippen LogP contribution in [-0.2, 0) is 15.0 Å². The monoisotopic (exact) mass is 292 g/mol. The number of rotatable bonds is 4. The lowest BCUT2D eigenvalue weighted by molar-refractivity contribution is -0.142. The maximum Gasteiger partial charge on any atom is 0.307 e. The van der Waals surface area contributed by atoms with Gasteiger partial charge in [-0.15, -0.1) is 0 Å². The number of aliphatic hydroxyl groups is 1. The van der Waals surface area contributed by atoms with Gasteiger partial charge in [-0.3, -0.25) is 4.79 Å². The molecule has 0 radical (unpaired) electrons. The molecular formula is C11H20N2O5S. The van der Waals surface area contributed by atoms with Crippen LogP contribution in [-0.4, -0.2) is 65.5 Å². The minimum Gasteiger partial charge on any atom is -0.481 e. The zero-order valence-corrected chi connectivity index (χ0v) is 11.5. The van der Waals surface area contributed by atoms with Gasteiger partial charge in [0.05, 0.1) is 12.5 Å². The quantitative estimate of drug-likeness (QED) is 0.727. The maximum atomic E-state index is 12.5. The normalized spacial score (nSPS) is 30.6. The van der Waals surface area contributed by atoms with Crippen LogP contribution in [0, 0.1) is 5.92 Å². The van der Waals surface area contributed by atoms with E-state index in [4.69, 9.17) is 5.11 Å². The predicted molar refractivity (Wildman–Crippen MR) is 67.7 cm³/mol. The smallest absolute Gasteiger partial charge is 0.307 e. The van der Waals surface area contributed by atoms with E-state index in [9.17, 15) is 18.3 Å². The van der Waals surface area contributed by atoms with E-state index in [-0.39, 0.29) is 19.2 Å². The largest absolute Gasteiger partial charge is 0.481 e. The highest BCUT2D eigenvalue weighted by atomic mass is 32.2. The summed E-state index contributed by atoms with van der Waals surface area (Å²) in [5.41, 5.74) is 0. The van der Waals surface area contributed by atoms with Crippen molar-refractivity contribution in [2.24, 2.45) is 5.92 Å². The number of carboxylic acid groups (broad SMARTS) is 1. The topological polar surface area (TPSA) is 98.2 Å². The summed E-state index contributed by atoms with van der Waals surface area (Å²) in [5, 5.41) is 18.2. The first-order valence-corrected chi connectivity index (χ1v) is 7.97. The summed E-state index contributed by atoms with van der Waals surface area (Å²) in [6.45, 7) is 0.615. The van der Waals surface area contributed by atoms with Gasteiger partial charge in [-0.05, 0) is 25.7 Å². The van der Waals surface area contributed by atoms with E-state index in [0.29, 0.717) is 32.4 Å². The Morgan fingerprint density at radius 2 is 1.89 bits per heavy atom. The molecular weight excluding hydrogens is 272 g/mol. The summed E-state index contributed by atoms with van der Waals surface area (Å²) in [6.07, 6.45) is 2.48. The lowest BCUT2D eigenvalue weighted by Crippen LogP contribution is -2.51. The minimum absolute atomic E-state index is 0.0340. The Bertz CT molecular complexity index is 438. The summed E-state index contributed by atoms with van der Waals surface area (Å²) in [5.74, 6) is -1.57. The van der Waals surface area contributed by atoms with Crippen LogP contribution in [0.4, 0.5) is 0 Å². The number of carboxylic acids is 1. The molecule has 0 aromatic heterocycles. The molecule has 0 saturated carbocycles. The minimum atomic E-state index is -3.65. The van der Waals surface area contributed by atoms with Crippen molar-refractivity contribution in [2.45, 2.75) is 31.7 Å². The lowest BCUT2D eigenvalue weighted by atomic mass is 10.0. The summed E-state index contributed by atoms with van der Waals surface area (Å²) in [6, 6.07) is -0.366. The molecule has 2 heterocycles. The van der Waals surface area contributed by atoms with Crippen LogP contribution in [0.5, 0.6) is 0 Å². The first-order valence-electron chi connectivity index (χ1n) is 6.57. The average Bonchev–Trinajstić information content (AvgIpc) is 2.88. The van der Waals surface area contributed by atoms with Crippen molar-refractivity contribution in [1.82, 2.24) is 8.61 Å². The van der Waals surface area contributed by atoms with Gasteiger partial charge in [0.2, 0.25) is 0 Å². The van der Waals surface area contributed by atoms with E-state index < -0.39 is 22.1 Å². The van der Waals surface area contributed by atoms with Gasteiger partial charge in [-0.2, -0.15) is 17.0 Å². The van der Waals surface area contributed by atoms with Crippen molar-refractivity contribution < 1.29 is 23.4 Å². The number of hydrogen-bond acceptors (Lipinski definition) is 4. The highest BCUT2D eigenvalue weighted by molar-refractivity contribution is 7.86. The Hall–Kier alpha value is -0.700. The number of piperidine rings is 1. The molecule has 2 aliphatic heterocycles. The molecule has 8 heteroatoms. The van der Waals surface area contributed by atoms with Crippen LogP contribution in [0.2, 0.25) is 0 Å². The predicted octanol–water partition coefficient (Wildman–Crippen LogP) is -0.515. The molecule has 7 nitrogen and oxygen atoms in total. The van der Waals surface area contributed by atoms with Gasteiger partial charge in [0, 0.05) is 25.7 Å². The molecule has 2 fully saturated rings. The van der Waals surface area contributed by atoms with Crippen molar-refractivity contribution in [1.29, 1.82) is 0 Å². The first-order chi connectivity index (χ1) is 8.96. The third-order valence-corrected chi connectivity index (χ3v) is 5.95. The number of aliphatic carboxylic acids is 1. The van der Waals surface area contributed by atoms with E-state index in [1.165, 1.54) is 8.61 Å². The Kier molecular flexibility index (Phi) is 4.44. The fourth-order valence-electron chi connectivity index (χ4n) is 2.80. The van der Waals surface area contributed by atoms with E-state index in [2.05, 4.69) is 0 Å². The molecule has 19 heavy (non-hydrogen) atoms. The van der Waals surface area contributed by atoms with Crippen molar-refractivity contribution in [2.75, 3.05) is 26.2 Å². The number of hydrogen-bond donors (Lipinski definition) is 2. The standard InChI is InChI=1S/C11H20N2O5S/c14-8-10-4-2-6-13(10)19(17,18)12-5-1-3-9(7-12)11(15)16/h9-10,14H,1-8H2,(H,15,16)/t9?,10-/m0/s1. The molecule has 0 aliphatic carbocycles. The molecule has 2 N–H and O–H groups in total. The second kappa shape index (κ2) is 5.74. The Labute approximate surface area is 113 Å². The SMILES string of the molecule is O=C(O)C1CCCN(S(=O)(=O)N2CCC[C@H]2CO)C1. The fourth-order valence-corrected chi connectivity index (χ4v) is 4.73. The molecule has 1 unspecified atom stereocenters. The van der Waals surface area contributed by atoms with Gasteiger partial charge in [0.1, 0.15) is 0 Å². The second-order valence-corrected chi connectivity index (χ2v) is 7.01. The average molecular weight is 292 g/mol. The van der Waals surface area contributed by atoms with Gasteiger partial charge >= 0.3 is 5.97 Å². The lowest BCUT2D eigenvalue weighted by Gasteiger charge is -2.34. The van der Waals surface area contributed by atoms with Crippen LogP contribution in [0.25, 0.3) is 0 Å². The fraction of sp³-hybridized carbons (Fsp3) is 0.909. The molecule has 0 amide bonds. The third-order valence-electron chi connectivity index (χ3n) is 3.89. The number of nitrogens with zero attached hydrogens (tertiary/aromatic N) is 2. The Balaban J connectivity index is 2.13. The highest BCUT2D eigenvalue weighted by Gasteiger charge is 2.40. The second-order valence-electron chi connectivity index (χ2n) is 5.13. The summed E-state index contributed by atoms with van der Waals surface area (Å²) < 4.78 is 27.5. The zero-order chi connectivity index (χ0) is 14.0. The Morgan fingerprint density at radius 3 is 2.53 bits per heavy atom. The van der Waals surface area contributed by atoms with E-state index in [1.54, 1.807) is 0 Å². The molecule has 2 aliphatic rings. The highest BCUT2D eigenvalue weighted by Crippen LogP contribution is 2.26. The molecule has 2 rings (SSSR count). The molecule has 0 spiro atoms. The van der Waals surface area contributed by atoms with E-state index in [0.717, 1.165) is 6.42 Å².